The summed E-state index contributed by atoms with van der Waals surface area (Å²) in [5.74, 6) is 1.75. The van der Waals surface area contributed by atoms with E-state index in [1.165, 1.54) is 5.56 Å². The maximum atomic E-state index is 12.6. The molecule has 4 rings (SSSR count). The molecular formula is C18H16N2O2. The Morgan fingerprint density at radius 3 is 2.68 bits per heavy atom. The molecule has 4 heteroatoms. The summed E-state index contributed by atoms with van der Waals surface area (Å²) in [6.07, 6.45) is 0.891. The number of Topliss-reactive ketones (excluding diaryl/α,β-unsaturated/α-hetero) is 1. The lowest BCUT2D eigenvalue weighted by Gasteiger charge is -2.02. The van der Waals surface area contributed by atoms with Crippen LogP contribution in [0.2, 0.25) is 0 Å². The van der Waals surface area contributed by atoms with Crippen LogP contribution in [0, 0.1) is 5.92 Å². The minimum absolute atomic E-state index is 0.0361. The van der Waals surface area contributed by atoms with Crippen LogP contribution >= 0.6 is 0 Å². The zero-order chi connectivity index (χ0) is 15.1. The Morgan fingerprint density at radius 1 is 1.18 bits per heavy atom. The van der Waals surface area contributed by atoms with Crippen LogP contribution in [0.15, 0.2) is 48.5 Å². The van der Waals surface area contributed by atoms with Crippen LogP contribution in [-0.4, -0.2) is 22.9 Å². The first-order valence-corrected chi connectivity index (χ1v) is 7.39. The van der Waals surface area contributed by atoms with Crippen molar-refractivity contribution in [3.05, 3.63) is 59.9 Å². The second kappa shape index (κ2) is 4.98. The van der Waals surface area contributed by atoms with Crippen LogP contribution in [0.1, 0.15) is 28.5 Å². The number of carbonyl (C=O) groups excluding carboxylic acids is 1. The number of fused-ring (bicyclic) bond motifs is 1. The summed E-state index contributed by atoms with van der Waals surface area (Å²) in [5, 5.41) is 0. The number of hydrogen-bond donors (Lipinski definition) is 1. The van der Waals surface area contributed by atoms with Crippen molar-refractivity contribution in [3.63, 3.8) is 0 Å². The van der Waals surface area contributed by atoms with Gasteiger partial charge in [-0.3, -0.25) is 4.79 Å². The van der Waals surface area contributed by atoms with Crippen molar-refractivity contribution in [1.82, 2.24) is 9.97 Å². The number of ketones is 1. The molecule has 1 aliphatic carbocycles. The monoisotopic (exact) mass is 292 g/mol. The maximum Gasteiger partial charge on any atom is 0.201 e. The number of rotatable bonds is 4. The molecular weight excluding hydrogens is 276 g/mol. The topological polar surface area (TPSA) is 55.0 Å². The van der Waals surface area contributed by atoms with Crippen LogP contribution in [0.4, 0.5) is 0 Å². The van der Waals surface area contributed by atoms with Gasteiger partial charge in [0.1, 0.15) is 5.75 Å². The van der Waals surface area contributed by atoms with Gasteiger partial charge in [-0.1, -0.05) is 24.3 Å². The van der Waals surface area contributed by atoms with E-state index >= 15 is 0 Å². The molecule has 1 saturated carbocycles. The first-order valence-electron chi connectivity index (χ1n) is 7.39. The molecule has 1 aliphatic rings. The number of nitrogens with zero attached hydrogens (tertiary/aromatic N) is 1. The summed E-state index contributed by atoms with van der Waals surface area (Å²) in [7, 11) is 1.65. The van der Waals surface area contributed by atoms with Crippen LogP contribution in [-0.2, 0) is 0 Å². The van der Waals surface area contributed by atoms with Gasteiger partial charge in [0.05, 0.1) is 18.1 Å². The molecule has 0 radical (unpaired) electrons. The Balaban J connectivity index is 1.54. The fourth-order valence-corrected chi connectivity index (χ4v) is 2.95. The lowest BCUT2D eigenvalue weighted by molar-refractivity contribution is 0.0956. The Bertz CT molecular complexity index is 803. The van der Waals surface area contributed by atoms with E-state index in [0.29, 0.717) is 11.7 Å². The standard InChI is InChI=1S/C18H16N2O2/c1-22-12-8-6-11(7-9-12)13-10-14(13)17(21)18-19-15-4-2-3-5-16(15)20-18/h2-9,13-14H,10H2,1H3,(H,19,20)/t13-,14+/m1/s1. The highest BCUT2D eigenvalue weighted by Crippen LogP contribution is 2.49. The van der Waals surface area contributed by atoms with E-state index in [9.17, 15) is 4.79 Å². The molecule has 1 N–H and O–H groups in total. The molecule has 1 fully saturated rings. The third-order valence-corrected chi connectivity index (χ3v) is 4.29. The van der Waals surface area contributed by atoms with Gasteiger partial charge in [0, 0.05) is 5.92 Å². The van der Waals surface area contributed by atoms with Gasteiger partial charge in [0.25, 0.3) is 0 Å². The van der Waals surface area contributed by atoms with Gasteiger partial charge in [-0.2, -0.15) is 0 Å². The first-order chi connectivity index (χ1) is 10.8. The predicted molar refractivity (Wildman–Crippen MR) is 84.3 cm³/mol. The van der Waals surface area contributed by atoms with Crippen LogP contribution < -0.4 is 4.74 Å². The highest BCUT2D eigenvalue weighted by Gasteiger charge is 2.45. The summed E-state index contributed by atoms with van der Waals surface area (Å²) >= 11 is 0. The van der Waals surface area contributed by atoms with Crippen LogP contribution in [0.3, 0.4) is 0 Å². The van der Waals surface area contributed by atoms with Gasteiger partial charge in [0.15, 0.2) is 5.82 Å². The minimum atomic E-state index is 0.0361. The third-order valence-electron chi connectivity index (χ3n) is 4.29. The molecule has 0 amide bonds. The van der Waals surface area contributed by atoms with Crippen molar-refractivity contribution in [2.45, 2.75) is 12.3 Å². The molecule has 0 bridgehead atoms. The Morgan fingerprint density at radius 2 is 1.95 bits per heavy atom. The summed E-state index contributed by atoms with van der Waals surface area (Å²) in [4.78, 5) is 20.1. The normalized spacial score (nSPS) is 20.0. The number of benzene rings is 2. The molecule has 110 valence electrons. The molecule has 22 heavy (non-hydrogen) atoms. The van der Waals surface area contributed by atoms with E-state index in [2.05, 4.69) is 9.97 Å². The SMILES string of the molecule is COc1ccc([C@H]2C[C@@H]2C(=O)c2nc3ccccc3[nH]2)cc1. The quantitative estimate of drug-likeness (QED) is 0.748. The molecule has 0 unspecified atom stereocenters. The van der Waals surface area contributed by atoms with E-state index in [-0.39, 0.29) is 11.7 Å². The van der Waals surface area contributed by atoms with Gasteiger partial charge in [0.2, 0.25) is 5.78 Å². The second-order valence-electron chi connectivity index (χ2n) is 5.69. The molecule has 3 aromatic rings. The number of para-hydroxylation sites is 2. The number of methoxy groups -OCH3 is 1. The van der Waals surface area contributed by atoms with E-state index < -0.39 is 0 Å². The average molecular weight is 292 g/mol. The Hall–Kier alpha value is -2.62. The van der Waals surface area contributed by atoms with Gasteiger partial charge in [-0.25, -0.2) is 4.98 Å². The number of carbonyl (C=O) groups is 1. The maximum absolute atomic E-state index is 12.6. The Labute approximate surface area is 128 Å². The van der Waals surface area contributed by atoms with Crippen LogP contribution in [0.25, 0.3) is 11.0 Å². The summed E-state index contributed by atoms with van der Waals surface area (Å²) in [6.45, 7) is 0. The van der Waals surface area contributed by atoms with Crippen LogP contribution in [0.5, 0.6) is 5.75 Å². The van der Waals surface area contributed by atoms with E-state index in [4.69, 9.17) is 4.74 Å². The summed E-state index contributed by atoms with van der Waals surface area (Å²) in [6, 6.07) is 15.7. The fraction of sp³-hybridized carbons (Fsp3) is 0.222. The molecule has 1 heterocycles. The number of nitrogens with one attached hydrogen (secondary N) is 1. The van der Waals surface area contributed by atoms with Crippen molar-refractivity contribution < 1.29 is 9.53 Å². The zero-order valence-electron chi connectivity index (χ0n) is 12.2. The van der Waals surface area contributed by atoms with Gasteiger partial charge in [-0.15, -0.1) is 0 Å². The first kappa shape index (κ1) is 13.1. The minimum Gasteiger partial charge on any atom is -0.497 e. The van der Waals surface area contributed by atoms with Gasteiger partial charge >= 0.3 is 0 Å². The lowest BCUT2D eigenvalue weighted by Crippen LogP contribution is -2.05. The van der Waals surface area contributed by atoms with Crippen molar-refractivity contribution >= 4 is 16.8 Å². The number of H-pyrrole nitrogens is 1. The fourth-order valence-electron chi connectivity index (χ4n) is 2.95. The van der Waals surface area contributed by atoms with E-state index in [0.717, 1.165) is 23.2 Å². The molecule has 4 nitrogen and oxygen atoms in total. The van der Waals surface area contributed by atoms with E-state index in [1.54, 1.807) is 7.11 Å². The van der Waals surface area contributed by atoms with Crippen molar-refractivity contribution in [1.29, 1.82) is 0 Å². The predicted octanol–water partition coefficient (Wildman–Crippen LogP) is 3.56. The zero-order valence-corrected chi connectivity index (χ0v) is 12.2. The number of ether oxygens (including phenoxy) is 1. The van der Waals surface area contributed by atoms with Gasteiger partial charge < -0.3 is 9.72 Å². The number of aromatic amines is 1. The second-order valence-corrected chi connectivity index (χ2v) is 5.69. The molecule has 0 spiro atoms. The molecule has 2 atom stereocenters. The highest BCUT2D eigenvalue weighted by atomic mass is 16.5. The summed E-state index contributed by atoms with van der Waals surface area (Å²) in [5.41, 5.74) is 2.94. The highest BCUT2D eigenvalue weighted by molar-refractivity contribution is 5.99. The van der Waals surface area contributed by atoms with Crippen molar-refractivity contribution in [2.24, 2.45) is 5.92 Å². The summed E-state index contributed by atoms with van der Waals surface area (Å²) < 4.78 is 5.16. The molecule has 2 aromatic carbocycles. The molecule has 1 aromatic heterocycles. The van der Waals surface area contributed by atoms with Gasteiger partial charge in [-0.05, 0) is 42.2 Å². The molecule has 0 aliphatic heterocycles. The average Bonchev–Trinajstić information content (AvgIpc) is 3.25. The molecule has 0 saturated heterocycles. The number of imidazole rings is 1. The lowest BCUT2D eigenvalue weighted by atomic mass is 10.1. The Kier molecular flexibility index (Phi) is 2.96. The third kappa shape index (κ3) is 2.17. The van der Waals surface area contributed by atoms with Crippen molar-refractivity contribution in [2.75, 3.05) is 7.11 Å². The van der Waals surface area contributed by atoms with E-state index in [1.807, 2.05) is 48.5 Å². The smallest absolute Gasteiger partial charge is 0.201 e. The number of aromatic nitrogens is 2. The number of hydrogen-bond acceptors (Lipinski definition) is 3. The van der Waals surface area contributed by atoms with Crippen molar-refractivity contribution in [3.8, 4) is 5.75 Å². The largest absolute Gasteiger partial charge is 0.497 e.